The van der Waals surface area contributed by atoms with Crippen molar-refractivity contribution in [3.05, 3.63) is 46.5 Å². The summed E-state index contributed by atoms with van der Waals surface area (Å²) in [6, 6.07) is 2.55. The summed E-state index contributed by atoms with van der Waals surface area (Å²) >= 11 is 6.59. The zero-order valence-corrected chi connectivity index (χ0v) is 28.7. The molecular weight excluding hydrogens is 634 g/mol. The summed E-state index contributed by atoms with van der Waals surface area (Å²) in [4.78, 5) is 52.8. The first-order chi connectivity index (χ1) is 22.0. The highest BCUT2D eigenvalue weighted by atomic mass is 35.5. The molecule has 2 fully saturated rings. The fourth-order valence-electron chi connectivity index (χ4n) is 6.08. The van der Waals surface area contributed by atoms with Crippen molar-refractivity contribution in [3.63, 3.8) is 0 Å². The third-order valence-corrected chi connectivity index (χ3v) is 9.59. The van der Waals surface area contributed by atoms with Gasteiger partial charge in [0.15, 0.2) is 5.72 Å². The summed E-state index contributed by atoms with van der Waals surface area (Å²) in [6.07, 6.45) is 0.955. The molecule has 47 heavy (non-hydrogen) atoms. The lowest BCUT2D eigenvalue weighted by atomic mass is 9.83. The topological polar surface area (TPSA) is 165 Å². The standard InChI is InChI=1S/C33H44ClN3O10/c1-17-10-9-11-25(44-8)33(42)16-24(45-31(41)36-33)18(2)29-32(5,47-29)26(46-30(40)19(3)37(6)20(4)38)15-27(39)35-22-13-21(12-17)14-23(43-7)28(22)34/h9-11,13-14,18-19,24-26,29,42H,12,15-16H2,1-8H3,(H,35,39)(H,36,41)/b11-9+,17-10+/t18-,19+,24+,25-,26+,29+,32+,33+/m1/s1. The van der Waals surface area contributed by atoms with Crippen LogP contribution in [0, 0.1) is 5.92 Å². The zero-order chi connectivity index (χ0) is 34.8. The van der Waals surface area contributed by atoms with E-state index in [4.69, 9.17) is 35.3 Å². The Morgan fingerprint density at radius 1 is 1.23 bits per heavy atom. The van der Waals surface area contributed by atoms with Crippen LogP contribution in [0.4, 0.5) is 10.5 Å². The highest BCUT2D eigenvalue weighted by Gasteiger charge is 2.64. The van der Waals surface area contributed by atoms with E-state index in [0.29, 0.717) is 17.9 Å². The number of anilines is 1. The molecule has 4 bridgehead atoms. The predicted octanol–water partition coefficient (Wildman–Crippen LogP) is 3.51. The van der Waals surface area contributed by atoms with Gasteiger partial charge in [-0.2, -0.15) is 0 Å². The lowest BCUT2D eigenvalue weighted by Gasteiger charge is -2.42. The van der Waals surface area contributed by atoms with E-state index in [9.17, 15) is 24.3 Å². The number of allylic oxidation sites excluding steroid dienone is 3. The van der Waals surface area contributed by atoms with Crippen LogP contribution in [0.1, 0.15) is 53.0 Å². The van der Waals surface area contributed by atoms with E-state index in [1.165, 1.54) is 40.0 Å². The molecule has 0 aromatic heterocycles. The molecule has 8 atom stereocenters. The largest absolute Gasteiger partial charge is 0.495 e. The van der Waals surface area contributed by atoms with Crippen molar-refractivity contribution in [2.75, 3.05) is 26.6 Å². The monoisotopic (exact) mass is 677 g/mol. The molecule has 1 aromatic rings. The molecule has 13 nitrogen and oxygen atoms in total. The lowest BCUT2D eigenvalue weighted by Crippen LogP contribution is -2.63. The molecule has 258 valence electrons. The molecule has 3 heterocycles. The number of halogens is 1. The number of carbonyl (C=O) groups excluding carboxylic acids is 4. The number of benzene rings is 1. The lowest BCUT2D eigenvalue weighted by molar-refractivity contribution is -0.161. The summed E-state index contributed by atoms with van der Waals surface area (Å²) in [5.41, 5.74) is -0.982. The third-order valence-electron chi connectivity index (χ3n) is 9.20. The van der Waals surface area contributed by atoms with Gasteiger partial charge in [-0.25, -0.2) is 9.59 Å². The smallest absolute Gasteiger partial charge is 0.409 e. The molecule has 3 aliphatic rings. The highest BCUT2D eigenvalue weighted by molar-refractivity contribution is 6.35. The Hall–Kier alpha value is -3.65. The molecule has 1 aromatic carbocycles. The van der Waals surface area contributed by atoms with Gasteiger partial charge in [-0.3, -0.25) is 14.9 Å². The Bertz CT molecular complexity index is 1470. The normalized spacial score (nSPS) is 33.4. The molecule has 0 unspecified atom stereocenters. The predicted molar refractivity (Wildman–Crippen MR) is 172 cm³/mol. The van der Waals surface area contributed by atoms with E-state index >= 15 is 0 Å². The van der Waals surface area contributed by atoms with Crippen molar-refractivity contribution in [1.82, 2.24) is 10.2 Å². The summed E-state index contributed by atoms with van der Waals surface area (Å²) in [5.74, 6) is -1.75. The number of nitrogens with one attached hydrogen (secondary N) is 2. The number of ether oxygens (including phenoxy) is 5. The molecule has 14 heteroatoms. The maximum atomic E-state index is 13.6. The van der Waals surface area contributed by atoms with Crippen molar-refractivity contribution in [3.8, 4) is 5.75 Å². The number of hydrogen-bond donors (Lipinski definition) is 3. The van der Waals surface area contributed by atoms with Crippen LogP contribution in [-0.2, 0) is 39.8 Å². The van der Waals surface area contributed by atoms with Gasteiger partial charge in [0, 0.05) is 33.4 Å². The molecule has 3 N–H and O–H groups in total. The Morgan fingerprint density at radius 2 is 1.94 bits per heavy atom. The van der Waals surface area contributed by atoms with E-state index in [2.05, 4.69) is 10.6 Å². The fourth-order valence-corrected chi connectivity index (χ4v) is 6.31. The molecule has 3 aliphatic heterocycles. The summed E-state index contributed by atoms with van der Waals surface area (Å²) in [5, 5.41) is 17.1. The number of amides is 3. The van der Waals surface area contributed by atoms with E-state index in [-0.39, 0.29) is 23.8 Å². The SMILES string of the molecule is COc1cc2cc(c1Cl)NC(=O)C[C@H](OC(=O)[C@H](C)N(C)C(C)=O)[C@]1(C)O[C@H]1[C@H](C)[C@@H]1C[C@@](O)(NC(=O)O1)[C@H](OC)/C=C/C=C(\C)C2. The van der Waals surface area contributed by atoms with Gasteiger partial charge in [-0.1, -0.05) is 42.3 Å². The van der Waals surface area contributed by atoms with Crippen LogP contribution >= 0.6 is 11.6 Å². The molecule has 0 radical (unpaired) electrons. The van der Waals surface area contributed by atoms with Gasteiger partial charge in [0.2, 0.25) is 11.8 Å². The van der Waals surface area contributed by atoms with Gasteiger partial charge in [0.05, 0.1) is 25.3 Å². The van der Waals surface area contributed by atoms with Crippen molar-refractivity contribution >= 4 is 41.2 Å². The van der Waals surface area contributed by atoms with Gasteiger partial charge >= 0.3 is 12.1 Å². The average Bonchev–Trinajstić information content (AvgIpc) is 3.70. The minimum absolute atomic E-state index is 0.0447. The number of nitrogens with zero attached hydrogens (tertiary/aromatic N) is 1. The van der Waals surface area contributed by atoms with Crippen molar-refractivity contribution in [1.29, 1.82) is 0 Å². The van der Waals surface area contributed by atoms with Crippen LogP contribution in [0.25, 0.3) is 0 Å². The molecule has 2 saturated heterocycles. The Morgan fingerprint density at radius 3 is 2.57 bits per heavy atom. The first kappa shape index (κ1) is 36.2. The maximum Gasteiger partial charge on any atom is 0.409 e. The van der Waals surface area contributed by atoms with E-state index < -0.39 is 65.7 Å². The van der Waals surface area contributed by atoms with Crippen molar-refractivity contribution in [2.24, 2.45) is 5.92 Å². The number of hydrogen-bond acceptors (Lipinski definition) is 10. The number of methoxy groups -OCH3 is 2. The van der Waals surface area contributed by atoms with Crippen LogP contribution in [0.5, 0.6) is 5.75 Å². The van der Waals surface area contributed by atoms with Crippen LogP contribution < -0.4 is 15.4 Å². The molecule has 4 rings (SSSR count). The Balaban J connectivity index is 1.76. The molecular formula is C33H44ClN3O10. The van der Waals surface area contributed by atoms with Crippen LogP contribution in [-0.4, -0.2) is 96.9 Å². The fraction of sp³-hybridized carbons (Fsp3) is 0.576. The number of likely N-dealkylation sites (N-methyl/N-ethyl adjacent to an activating group) is 1. The minimum atomic E-state index is -1.81. The quantitative estimate of drug-likeness (QED) is 0.310. The second-order valence-corrected chi connectivity index (χ2v) is 13.0. The minimum Gasteiger partial charge on any atom is -0.495 e. The number of carbonyl (C=O) groups is 4. The molecule has 0 spiro atoms. The van der Waals surface area contributed by atoms with Crippen LogP contribution in [0.2, 0.25) is 5.02 Å². The van der Waals surface area contributed by atoms with Crippen LogP contribution in [0.15, 0.2) is 35.9 Å². The van der Waals surface area contributed by atoms with E-state index in [0.717, 1.165) is 11.1 Å². The number of fused-ring (bicyclic) bond motifs is 5. The summed E-state index contributed by atoms with van der Waals surface area (Å²) in [7, 11) is 4.37. The van der Waals surface area contributed by atoms with Gasteiger partial charge in [0.1, 0.15) is 40.7 Å². The summed E-state index contributed by atoms with van der Waals surface area (Å²) in [6.45, 7) is 8.24. The third kappa shape index (κ3) is 7.91. The second-order valence-electron chi connectivity index (χ2n) is 12.7. The van der Waals surface area contributed by atoms with E-state index in [1.807, 2.05) is 13.0 Å². The van der Waals surface area contributed by atoms with Gasteiger partial charge in [0.25, 0.3) is 0 Å². The zero-order valence-electron chi connectivity index (χ0n) is 27.9. The maximum absolute atomic E-state index is 13.6. The summed E-state index contributed by atoms with van der Waals surface area (Å²) < 4.78 is 28.7. The van der Waals surface area contributed by atoms with Gasteiger partial charge < -0.3 is 39.0 Å². The van der Waals surface area contributed by atoms with Crippen LogP contribution in [0.3, 0.4) is 0 Å². The number of epoxide rings is 1. The molecule has 0 saturated carbocycles. The highest BCUT2D eigenvalue weighted by Crippen LogP contribution is 2.49. The number of aliphatic hydroxyl groups is 1. The molecule has 3 amide bonds. The van der Waals surface area contributed by atoms with E-state index in [1.54, 1.807) is 38.1 Å². The van der Waals surface area contributed by atoms with Crippen molar-refractivity contribution in [2.45, 2.75) is 95.7 Å². The Labute approximate surface area is 279 Å². The number of esters is 1. The first-order valence-corrected chi connectivity index (χ1v) is 15.8. The van der Waals surface area contributed by atoms with Crippen molar-refractivity contribution < 1.29 is 48.0 Å². The second kappa shape index (κ2) is 14.2. The van der Waals surface area contributed by atoms with Gasteiger partial charge in [-0.05, 0) is 44.9 Å². The average molecular weight is 678 g/mol. The molecule has 0 aliphatic carbocycles. The first-order valence-electron chi connectivity index (χ1n) is 15.4. The van der Waals surface area contributed by atoms with Gasteiger partial charge in [-0.15, -0.1) is 0 Å². The number of rotatable bonds is 5. The Kier molecular flexibility index (Phi) is 11.0. The number of alkyl carbamates (subject to hydrolysis) is 1.